The van der Waals surface area contributed by atoms with Crippen molar-refractivity contribution in [3.8, 4) is 5.69 Å². The predicted molar refractivity (Wildman–Crippen MR) is 148 cm³/mol. The number of hydrogen-bond acceptors (Lipinski definition) is 10. The number of morpholine rings is 1. The first kappa shape index (κ1) is 26.9. The molecule has 1 amide bonds. The van der Waals surface area contributed by atoms with Gasteiger partial charge in [0.1, 0.15) is 6.33 Å². The minimum Gasteiger partial charge on any atom is -0.378 e. The van der Waals surface area contributed by atoms with Gasteiger partial charge >= 0.3 is 6.55 Å². The van der Waals surface area contributed by atoms with Crippen LogP contribution in [-0.4, -0.2) is 103 Å². The number of carbonyl (C=O) groups excluding carboxylic acids is 2. The fourth-order valence-electron chi connectivity index (χ4n) is 7.04. The first-order chi connectivity index (χ1) is 20.4. The van der Waals surface area contributed by atoms with Crippen LogP contribution in [0.25, 0.3) is 16.9 Å². The van der Waals surface area contributed by atoms with E-state index in [9.17, 15) is 18.4 Å². The first-order valence-corrected chi connectivity index (χ1v) is 14.2. The number of nitrogens with one attached hydrogen (secondary N) is 2. The van der Waals surface area contributed by atoms with Crippen LogP contribution in [0, 0.1) is 5.92 Å². The molecule has 13 nitrogen and oxygen atoms in total. The highest BCUT2D eigenvalue weighted by molar-refractivity contribution is 5.98. The Labute approximate surface area is 239 Å². The molecule has 0 saturated carbocycles. The van der Waals surface area contributed by atoms with Gasteiger partial charge < -0.3 is 20.3 Å². The van der Waals surface area contributed by atoms with Crippen LogP contribution in [-0.2, 0) is 14.3 Å². The number of fused-ring (bicyclic) bond motifs is 2. The van der Waals surface area contributed by atoms with Crippen LogP contribution in [0.1, 0.15) is 32.2 Å². The number of imidazole rings is 1. The molecule has 4 fully saturated rings. The zero-order valence-corrected chi connectivity index (χ0v) is 23.0. The number of ether oxygens (including phenoxy) is 1. The summed E-state index contributed by atoms with van der Waals surface area (Å²) < 4.78 is 33.9. The largest absolute Gasteiger partial charge is 0.378 e. The fourth-order valence-corrected chi connectivity index (χ4v) is 7.04. The Kier molecular flexibility index (Phi) is 6.65. The summed E-state index contributed by atoms with van der Waals surface area (Å²) in [6.45, 7) is 3.92. The maximum Gasteiger partial charge on any atom is 0.333 e. The van der Waals surface area contributed by atoms with Crippen LogP contribution >= 0.6 is 0 Å². The minimum absolute atomic E-state index is 0.0265. The summed E-state index contributed by atoms with van der Waals surface area (Å²) in [5.74, 6) is 1.04. The zero-order valence-electron chi connectivity index (χ0n) is 23.0. The Balaban J connectivity index is 1.09. The third kappa shape index (κ3) is 4.42. The summed E-state index contributed by atoms with van der Waals surface area (Å²) in [6, 6.07) is 0.331. The monoisotopic (exact) mass is 582 g/mol. The standard InChI is InChI=1S/C27H32F2N10O3/c1-2-20(40)27-4-3-16-13-38(27)17(10-27)9-19(16)33-21(41)12-30-23-22-24(35-26(34-23)36-5-7-42-8-6-36)37(15-31-22)18-11-32-39(14-18)25(28)29/h2,11,14-17,19,25H,1,3-10,12-13H2,(H,33,41)(H,30,34,35). The predicted octanol–water partition coefficient (Wildman–Crippen LogP) is 1.52. The average molecular weight is 583 g/mol. The van der Waals surface area contributed by atoms with E-state index in [0.717, 1.165) is 32.2 Å². The molecule has 3 aromatic rings. The third-order valence-corrected chi connectivity index (χ3v) is 9.17. The number of ketones is 1. The van der Waals surface area contributed by atoms with E-state index in [2.05, 4.69) is 37.2 Å². The third-order valence-electron chi connectivity index (χ3n) is 9.17. The number of hydrogen-bond donors (Lipinski definition) is 2. The highest BCUT2D eigenvalue weighted by Crippen LogP contribution is 2.51. The molecule has 0 radical (unpaired) electrons. The number of halogens is 2. The Bertz CT molecular complexity index is 1530. The van der Waals surface area contributed by atoms with Gasteiger partial charge in [0.05, 0.1) is 43.4 Å². The molecule has 4 atom stereocenters. The number of piperidine rings is 2. The number of anilines is 2. The van der Waals surface area contributed by atoms with Gasteiger partial charge in [-0.25, -0.2) is 9.67 Å². The van der Waals surface area contributed by atoms with Crippen LogP contribution in [0.5, 0.6) is 0 Å². The molecule has 2 N–H and O–H groups in total. The Morgan fingerprint density at radius 3 is 2.86 bits per heavy atom. The van der Waals surface area contributed by atoms with Gasteiger partial charge in [-0.1, -0.05) is 6.58 Å². The zero-order chi connectivity index (χ0) is 29.0. The summed E-state index contributed by atoms with van der Waals surface area (Å²) in [7, 11) is 0. The van der Waals surface area contributed by atoms with E-state index < -0.39 is 6.55 Å². The summed E-state index contributed by atoms with van der Waals surface area (Å²) in [5.41, 5.74) is 0.808. The van der Waals surface area contributed by atoms with Crippen molar-refractivity contribution in [2.75, 3.05) is 49.6 Å². The molecule has 4 saturated heterocycles. The molecule has 15 heteroatoms. The number of nitrogens with zero attached hydrogens (tertiary/aromatic N) is 8. The first-order valence-electron chi connectivity index (χ1n) is 14.2. The van der Waals surface area contributed by atoms with Gasteiger partial charge in [-0.2, -0.15) is 23.8 Å². The van der Waals surface area contributed by atoms with Crippen molar-refractivity contribution in [1.82, 2.24) is 39.5 Å². The lowest BCUT2D eigenvalue weighted by atomic mass is 9.61. The van der Waals surface area contributed by atoms with Crippen molar-refractivity contribution >= 4 is 34.6 Å². The van der Waals surface area contributed by atoms with Gasteiger partial charge in [-0.15, -0.1) is 0 Å². The van der Waals surface area contributed by atoms with Crippen molar-refractivity contribution in [3.63, 3.8) is 0 Å². The molecule has 7 heterocycles. The maximum atomic E-state index is 13.2. The van der Waals surface area contributed by atoms with Gasteiger partial charge in [0.2, 0.25) is 11.9 Å². The topological polar surface area (TPSA) is 135 Å². The molecule has 42 heavy (non-hydrogen) atoms. The molecule has 7 rings (SSSR count). The van der Waals surface area contributed by atoms with E-state index in [4.69, 9.17) is 9.72 Å². The van der Waals surface area contributed by atoms with Gasteiger partial charge in [0.25, 0.3) is 0 Å². The molecule has 0 spiro atoms. The smallest absolute Gasteiger partial charge is 0.333 e. The molecule has 3 aromatic heterocycles. The van der Waals surface area contributed by atoms with Crippen molar-refractivity contribution in [2.24, 2.45) is 5.92 Å². The Morgan fingerprint density at radius 1 is 1.26 bits per heavy atom. The number of alkyl halides is 2. The SMILES string of the molecule is C=CC(=O)C12CCC3CN1C(CC3NC(=O)CNc1nc(N3CCOCC3)nc3c1ncn3-c1cnn(C(F)F)c1)C2. The van der Waals surface area contributed by atoms with Crippen LogP contribution < -0.4 is 15.5 Å². The molecule has 4 aliphatic heterocycles. The average Bonchev–Trinajstić information content (AvgIpc) is 3.65. The lowest BCUT2D eigenvalue weighted by molar-refractivity contribution is -0.170. The lowest BCUT2D eigenvalue weighted by Crippen LogP contribution is -2.76. The molecular weight excluding hydrogens is 550 g/mol. The van der Waals surface area contributed by atoms with E-state index in [0.29, 0.717) is 71.6 Å². The Morgan fingerprint density at radius 2 is 2.10 bits per heavy atom. The quantitative estimate of drug-likeness (QED) is 0.358. The summed E-state index contributed by atoms with van der Waals surface area (Å²) in [6.07, 6.45) is 8.79. The number of carbonyl (C=O) groups is 2. The number of aromatic nitrogens is 6. The van der Waals surface area contributed by atoms with E-state index in [1.54, 1.807) is 4.57 Å². The van der Waals surface area contributed by atoms with Crippen molar-refractivity contribution in [2.45, 2.75) is 49.9 Å². The summed E-state index contributed by atoms with van der Waals surface area (Å²) >= 11 is 0. The maximum absolute atomic E-state index is 13.2. The molecule has 4 unspecified atom stereocenters. The van der Waals surface area contributed by atoms with E-state index >= 15 is 0 Å². The van der Waals surface area contributed by atoms with E-state index in [-0.39, 0.29) is 29.8 Å². The van der Waals surface area contributed by atoms with Crippen molar-refractivity contribution < 1.29 is 23.1 Å². The van der Waals surface area contributed by atoms with Crippen LogP contribution in [0.4, 0.5) is 20.5 Å². The van der Waals surface area contributed by atoms with E-state index in [1.807, 2.05) is 4.90 Å². The normalized spacial score (nSPS) is 27.1. The molecular formula is C27H32F2N10O3. The number of rotatable bonds is 9. The van der Waals surface area contributed by atoms with Gasteiger partial charge in [-0.3, -0.25) is 19.1 Å². The highest BCUT2D eigenvalue weighted by atomic mass is 19.3. The van der Waals surface area contributed by atoms with Gasteiger partial charge in [0.15, 0.2) is 22.8 Å². The second kappa shape index (κ2) is 10.4. The molecule has 2 bridgehead atoms. The van der Waals surface area contributed by atoms with Crippen LogP contribution in [0.2, 0.25) is 0 Å². The van der Waals surface area contributed by atoms with Gasteiger partial charge in [-0.05, 0) is 37.7 Å². The second-order valence-corrected chi connectivity index (χ2v) is 11.4. The molecule has 0 aromatic carbocycles. The number of amides is 1. The van der Waals surface area contributed by atoms with Gasteiger partial charge in [0, 0.05) is 31.7 Å². The summed E-state index contributed by atoms with van der Waals surface area (Å²) in [4.78, 5) is 43.8. The van der Waals surface area contributed by atoms with Crippen LogP contribution in [0.15, 0.2) is 31.4 Å². The van der Waals surface area contributed by atoms with E-state index in [1.165, 1.54) is 24.8 Å². The molecule has 222 valence electrons. The minimum atomic E-state index is -2.77. The second-order valence-electron chi connectivity index (χ2n) is 11.4. The molecule has 4 aliphatic rings. The molecule has 0 aliphatic carbocycles. The van der Waals surface area contributed by atoms with Crippen LogP contribution in [0.3, 0.4) is 0 Å². The van der Waals surface area contributed by atoms with Crippen molar-refractivity contribution in [1.29, 1.82) is 0 Å². The Hall–Kier alpha value is -3.98. The van der Waals surface area contributed by atoms with Crippen molar-refractivity contribution in [3.05, 3.63) is 31.4 Å². The highest BCUT2D eigenvalue weighted by Gasteiger charge is 2.61. The fraction of sp³-hybridized carbons (Fsp3) is 0.556. The lowest BCUT2D eigenvalue weighted by Gasteiger charge is -2.65. The summed E-state index contributed by atoms with van der Waals surface area (Å²) in [5, 5.41) is 10.1.